The van der Waals surface area contributed by atoms with E-state index in [1.165, 1.54) is 64.2 Å². The minimum absolute atomic E-state index is 0.863. The molecule has 0 heteroatoms. The van der Waals surface area contributed by atoms with E-state index < -0.39 is 0 Å². The van der Waals surface area contributed by atoms with E-state index in [-0.39, 0.29) is 0 Å². The Balaban J connectivity index is 1.81. The molecule has 0 amide bonds. The van der Waals surface area contributed by atoms with Crippen LogP contribution in [0.4, 0.5) is 0 Å². The van der Waals surface area contributed by atoms with Crippen molar-refractivity contribution >= 4 is 0 Å². The molecular weight excluding hydrogens is 228 g/mol. The highest BCUT2D eigenvalue weighted by molar-refractivity contribution is 5.21. The Kier molecular flexibility index (Phi) is 4.58. The van der Waals surface area contributed by atoms with Crippen molar-refractivity contribution in [2.24, 2.45) is 11.8 Å². The molecule has 0 heterocycles. The van der Waals surface area contributed by atoms with E-state index in [1.807, 2.05) is 0 Å². The van der Waals surface area contributed by atoms with Crippen LogP contribution >= 0.6 is 0 Å². The third kappa shape index (κ3) is 3.22. The molecule has 0 saturated heterocycles. The maximum atomic E-state index is 2.40. The number of hydrogen-bond acceptors (Lipinski definition) is 0. The van der Waals surface area contributed by atoms with Crippen LogP contribution in [0.3, 0.4) is 0 Å². The predicted molar refractivity (Wildman–Crippen MR) is 82.3 cm³/mol. The molecule has 0 unspecified atom stereocenters. The Hall–Kier alpha value is -0.780. The molecule has 2 fully saturated rings. The lowest BCUT2D eigenvalue weighted by atomic mass is 9.67. The molecule has 0 nitrogen and oxygen atoms in total. The smallest absolute Gasteiger partial charge is 0.0105 e. The lowest BCUT2D eigenvalue weighted by molar-refractivity contribution is 0.202. The number of hydrogen-bond donors (Lipinski definition) is 0. The maximum Gasteiger partial charge on any atom is -0.0105 e. The summed E-state index contributed by atoms with van der Waals surface area (Å²) in [6, 6.07) is 11.5. The molecule has 0 N–H and O–H groups in total. The first-order chi connectivity index (χ1) is 9.45. The zero-order valence-corrected chi connectivity index (χ0v) is 12.2. The Labute approximate surface area is 118 Å². The van der Waals surface area contributed by atoms with Gasteiger partial charge >= 0.3 is 0 Å². The first-order valence-corrected chi connectivity index (χ1v) is 8.50. The fraction of sp³-hybridized carbons (Fsp3) is 0.684. The summed E-state index contributed by atoms with van der Waals surface area (Å²) in [7, 11) is 0. The van der Waals surface area contributed by atoms with Crippen LogP contribution < -0.4 is 0 Å². The molecule has 104 valence electrons. The maximum absolute atomic E-state index is 2.40. The topological polar surface area (TPSA) is 0 Å². The molecule has 0 radical (unpaired) electrons. The SMILES string of the molecule is c1ccc(C(C2CCCCC2)C2CCCCC2)cc1. The van der Waals surface area contributed by atoms with Gasteiger partial charge in [-0.05, 0) is 49.0 Å². The summed E-state index contributed by atoms with van der Waals surface area (Å²) >= 11 is 0. The Morgan fingerprint density at radius 1 is 0.632 bits per heavy atom. The van der Waals surface area contributed by atoms with Crippen molar-refractivity contribution in [1.29, 1.82) is 0 Å². The van der Waals surface area contributed by atoms with E-state index in [4.69, 9.17) is 0 Å². The van der Waals surface area contributed by atoms with E-state index in [0.29, 0.717) is 0 Å². The van der Waals surface area contributed by atoms with Gasteiger partial charge in [0.2, 0.25) is 0 Å². The van der Waals surface area contributed by atoms with Gasteiger partial charge in [-0.2, -0.15) is 0 Å². The van der Waals surface area contributed by atoms with Gasteiger partial charge in [-0.3, -0.25) is 0 Å². The monoisotopic (exact) mass is 256 g/mol. The van der Waals surface area contributed by atoms with Gasteiger partial charge in [-0.25, -0.2) is 0 Å². The third-order valence-corrected chi connectivity index (χ3v) is 5.50. The summed E-state index contributed by atoms with van der Waals surface area (Å²) in [4.78, 5) is 0. The highest BCUT2D eigenvalue weighted by atomic mass is 14.4. The van der Waals surface area contributed by atoms with Crippen molar-refractivity contribution in [1.82, 2.24) is 0 Å². The number of rotatable bonds is 3. The second-order valence-electron chi connectivity index (χ2n) is 6.73. The molecule has 2 aliphatic carbocycles. The van der Waals surface area contributed by atoms with Crippen molar-refractivity contribution in [3.8, 4) is 0 Å². The van der Waals surface area contributed by atoms with Gasteiger partial charge in [-0.15, -0.1) is 0 Å². The molecule has 0 aliphatic heterocycles. The summed E-state index contributed by atoms with van der Waals surface area (Å²) in [6.45, 7) is 0. The summed E-state index contributed by atoms with van der Waals surface area (Å²) in [5.41, 5.74) is 1.64. The van der Waals surface area contributed by atoms with Crippen molar-refractivity contribution in [2.45, 2.75) is 70.1 Å². The number of benzene rings is 1. The van der Waals surface area contributed by atoms with Crippen molar-refractivity contribution in [2.75, 3.05) is 0 Å². The molecule has 0 bridgehead atoms. The molecule has 3 rings (SSSR count). The fourth-order valence-corrected chi connectivity index (χ4v) is 4.59. The zero-order valence-electron chi connectivity index (χ0n) is 12.2. The van der Waals surface area contributed by atoms with E-state index >= 15 is 0 Å². The van der Waals surface area contributed by atoms with Crippen LogP contribution in [-0.2, 0) is 0 Å². The van der Waals surface area contributed by atoms with Crippen LogP contribution in [0.1, 0.15) is 75.7 Å². The van der Waals surface area contributed by atoms with Gasteiger partial charge in [0.1, 0.15) is 0 Å². The van der Waals surface area contributed by atoms with Gasteiger partial charge in [0.25, 0.3) is 0 Å². The molecule has 1 aromatic rings. The van der Waals surface area contributed by atoms with Crippen LogP contribution in [0.15, 0.2) is 30.3 Å². The minimum atomic E-state index is 0.863. The second kappa shape index (κ2) is 6.59. The van der Waals surface area contributed by atoms with Gasteiger partial charge in [0.15, 0.2) is 0 Å². The lowest BCUT2D eigenvalue weighted by Crippen LogP contribution is -2.25. The molecule has 1 aromatic carbocycles. The van der Waals surface area contributed by atoms with Gasteiger partial charge in [0, 0.05) is 0 Å². The Bertz CT molecular complexity index is 337. The van der Waals surface area contributed by atoms with E-state index in [0.717, 1.165) is 17.8 Å². The second-order valence-corrected chi connectivity index (χ2v) is 6.73. The molecule has 0 spiro atoms. The standard InChI is InChI=1S/C19H28/c1-4-10-16(11-5-1)19(17-12-6-2-7-13-17)18-14-8-3-9-15-18/h1,4-5,10-11,17-19H,2-3,6-9,12-15H2. The largest absolute Gasteiger partial charge is 0.0622 e. The summed E-state index contributed by atoms with van der Waals surface area (Å²) in [6.07, 6.45) is 14.8. The van der Waals surface area contributed by atoms with Gasteiger partial charge < -0.3 is 0 Å². The predicted octanol–water partition coefficient (Wildman–Crippen LogP) is 5.93. The Morgan fingerprint density at radius 3 is 1.58 bits per heavy atom. The molecular formula is C19H28. The normalized spacial score (nSPS) is 22.8. The average Bonchev–Trinajstić information content (AvgIpc) is 2.51. The van der Waals surface area contributed by atoms with Gasteiger partial charge in [-0.1, -0.05) is 68.9 Å². The molecule has 0 atom stereocenters. The zero-order chi connectivity index (χ0) is 12.9. The summed E-state index contributed by atoms with van der Waals surface area (Å²) < 4.78 is 0. The summed E-state index contributed by atoms with van der Waals surface area (Å²) in [5, 5.41) is 0. The van der Waals surface area contributed by atoms with E-state index in [9.17, 15) is 0 Å². The van der Waals surface area contributed by atoms with Crippen molar-refractivity contribution < 1.29 is 0 Å². The first-order valence-electron chi connectivity index (χ1n) is 8.50. The minimum Gasteiger partial charge on any atom is -0.0622 e. The summed E-state index contributed by atoms with van der Waals surface area (Å²) in [5.74, 6) is 2.81. The highest BCUT2D eigenvalue weighted by Gasteiger charge is 2.32. The van der Waals surface area contributed by atoms with Crippen LogP contribution in [0.2, 0.25) is 0 Å². The van der Waals surface area contributed by atoms with Crippen LogP contribution in [0.25, 0.3) is 0 Å². The third-order valence-electron chi connectivity index (χ3n) is 5.50. The van der Waals surface area contributed by atoms with E-state index in [1.54, 1.807) is 5.56 Å². The van der Waals surface area contributed by atoms with Gasteiger partial charge in [0.05, 0.1) is 0 Å². The quantitative estimate of drug-likeness (QED) is 0.628. The molecule has 2 aliphatic rings. The Morgan fingerprint density at radius 2 is 1.11 bits per heavy atom. The van der Waals surface area contributed by atoms with Crippen LogP contribution in [0.5, 0.6) is 0 Å². The van der Waals surface area contributed by atoms with Crippen molar-refractivity contribution in [3.05, 3.63) is 35.9 Å². The first kappa shape index (κ1) is 13.2. The lowest BCUT2D eigenvalue weighted by Gasteiger charge is -2.38. The van der Waals surface area contributed by atoms with Crippen LogP contribution in [-0.4, -0.2) is 0 Å². The highest BCUT2D eigenvalue weighted by Crippen LogP contribution is 2.45. The molecule has 19 heavy (non-hydrogen) atoms. The molecule has 0 aromatic heterocycles. The molecule has 2 saturated carbocycles. The van der Waals surface area contributed by atoms with Crippen molar-refractivity contribution in [3.63, 3.8) is 0 Å². The van der Waals surface area contributed by atoms with E-state index in [2.05, 4.69) is 30.3 Å². The fourth-order valence-electron chi connectivity index (χ4n) is 4.59. The van der Waals surface area contributed by atoms with Crippen LogP contribution in [0, 0.1) is 11.8 Å². The average molecular weight is 256 g/mol.